The zero-order valence-corrected chi connectivity index (χ0v) is 17.0. The second kappa shape index (κ2) is 12.2. The second-order valence-corrected chi connectivity index (χ2v) is 6.68. The smallest absolute Gasteiger partial charge is 0.261 e. The highest BCUT2D eigenvalue weighted by molar-refractivity contribution is 6.21. The van der Waals surface area contributed by atoms with Gasteiger partial charge in [0.05, 0.1) is 70.5 Å². The Kier molecular flexibility index (Phi) is 8.99. The number of ether oxygens (including phenoxy) is 4. The summed E-state index contributed by atoms with van der Waals surface area (Å²) in [6, 6.07) is 16.8. The number of amides is 2. The molecule has 0 spiro atoms. The predicted molar refractivity (Wildman–Crippen MR) is 110 cm³/mol. The van der Waals surface area contributed by atoms with Gasteiger partial charge in [0.15, 0.2) is 0 Å². The third-order valence-corrected chi connectivity index (χ3v) is 4.56. The third kappa shape index (κ3) is 6.47. The van der Waals surface area contributed by atoms with E-state index in [4.69, 9.17) is 18.9 Å². The molecule has 0 aromatic heterocycles. The summed E-state index contributed by atoms with van der Waals surface area (Å²) in [5, 5.41) is 0. The minimum atomic E-state index is -0.264. The van der Waals surface area contributed by atoms with Crippen LogP contribution in [-0.4, -0.2) is 69.5 Å². The molecule has 0 saturated carbocycles. The first-order valence-corrected chi connectivity index (χ1v) is 10.1. The number of fused-ring (bicyclic) bond motifs is 1. The van der Waals surface area contributed by atoms with E-state index >= 15 is 0 Å². The van der Waals surface area contributed by atoms with Crippen LogP contribution in [0.5, 0.6) is 0 Å². The number of carbonyl (C=O) groups excluding carboxylic acids is 2. The summed E-state index contributed by atoms with van der Waals surface area (Å²) >= 11 is 0. The molecule has 0 unspecified atom stereocenters. The van der Waals surface area contributed by atoms with Crippen LogP contribution < -0.4 is 0 Å². The van der Waals surface area contributed by atoms with E-state index in [1.165, 1.54) is 4.90 Å². The first kappa shape index (κ1) is 22.1. The molecule has 1 heterocycles. The van der Waals surface area contributed by atoms with Gasteiger partial charge in [-0.25, -0.2) is 0 Å². The van der Waals surface area contributed by atoms with Crippen molar-refractivity contribution in [2.24, 2.45) is 0 Å². The van der Waals surface area contributed by atoms with Gasteiger partial charge in [-0.2, -0.15) is 0 Å². The van der Waals surface area contributed by atoms with E-state index in [2.05, 4.69) is 0 Å². The van der Waals surface area contributed by atoms with Crippen molar-refractivity contribution in [3.63, 3.8) is 0 Å². The van der Waals surface area contributed by atoms with Gasteiger partial charge < -0.3 is 18.9 Å². The molecule has 0 aliphatic carbocycles. The molecule has 7 heteroatoms. The minimum Gasteiger partial charge on any atom is -0.377 e. The fourth-order valence-electron chi connectivity index (χ4n) is 3.02. The van der Waals surface area contributed by atoms with E-state index in [9.17, 15) is 9.59 Å². The van der Waals surface area contributed by atoms with Gasteiger partial charge in [0, 0.05) is 0 Å². The lowest BCUT2D eigenvalue weighted by Gasteiger charge is -2.13. The number of rotatable bonds is 14. The van der Waals surface area contributed by atoms with Gasteiger partial charge in [-0.15, -0.1) is 0 Å². The molecule has 30 heavy (non-hydrogen) atoms. The third-order valence-electron chi connectivity index (χ3n) is 4.56. The summed E-state index contributed by atoms with van der Waals surface area (Å²) in [5.74, 6) is -0.527. The van der Waals surface area contributed by atoms with Crippen LogP contribution in [0.25, 0.3) is 0 Å². The standard InChI is InChI=1S/C23H27NO6/c25-22-20-8-4-5-9-21(20)23(26)24(22)10-11-27-12-13-28-14-15-29-16-17-30-18-19-6-2-1-3-7-19/h1-9H,10-18H2. The van der Waals surface area contributed by atoms with Crippen LogP contribution >= 0.6 is 0 Å². The molecule has 1 aliphatic rings. The number of nitrogens with zero attached hydrogens (tertiary/aromatic N) is 1. The number of imide groups is 1. The SMILES string of the molecule is O=C1c2ccccc2C(=O)N1CCOCCOCCOCCOCc1ccccc1. The van der Waals surface area contributed by atoms with E-state index in [1.54, 1.807) is 24.3 Å². The molecular formula is C23H27NO6. The van der Waals surface area contributed by atoms with Gasteiger partial charge in [-0.3, -0.25) is 14.5 Å². The average molecular weight is 413 g/mol. The number of hydrogen-bond acceptors (Lipinski definition) is 6. The molecular weight excluding hydrogens is 386 g/mol. The van der Waals surface area contributed by atoms with Crippen LogP contribution in [0.3, 0.4) is 0 Å². The van der Waals surface area contributed by atoms with Crippen molar-refractivity contribution >= 4 is 11.8 Å². The monoisotopic (exact) mass is 413 g/mol. The van der Waals surface area contributed by atoms with E-state index in [1.807, 2.05) is 30.3 Å². The number of benzene rings is 2. The summed E-state index contributed by atoms with van der Waals surface area (Å²) in [5.41, 5.74) is 2.05. The van der Waals surface area contributed by atoms with Gasteiger partial charge in [0.1, 0.15) is 0 Å². The fourth-order valence-corrected chi connectivity index (χ4v) is 3.02. The highest BCUT2D eigenvalue weighted by atomic mass is 16.6. The van der Waals surface area contributed by atoms with E-state index in [0.29, 0.717) is 57.4 Å². The molecule has 2 aromatic rings. The Morgan fingerprint density at radius 2 is 1.03 bits per heavy atom. The van der Waals surface area contributed by atoms with Gasteiger partial charge in [-0.1, -0.05) is 42.5 Å². The Morgan fingerprint density at radius 3 is 1.60 bits per heavy atom. The quantitative estimate of drug-likeness (QED) is 0.350. The fraction of sp³-hybridized carbons (Fsp3) is 0.391. The molecule has 3 rings (SSSR count). The van der Waals surface area contributed by atoms with Crippen LogP contribution in [0, 0.1) is 0 Å². The maximum Gasteiger partial charge on any atom is 0.261 e. The Balaban J connectivity index is 1.13. The Morgan fingerprint density at radius 1 is 0.567 bits per heavy atom. The Hall–Kier alpha value is -2.58. The Labute approximate surface area is 176 Å². The van der Waals surface area contributed by atoms with Crippen LogP contribution in [-0.2, 0) is 25.6 Å². The Bertz CT molecular complexity index is 775. The van der Waals surface area contributed by atoms with Crippen molar-refractivity contribution in [3.05, 3.63) is 71.3 Å². The molecule has 0 radical (unpaired) electrons. The lowest BCUT2D eigenvalue weighted by atomic mass is 10.1. The molecule has 1 aliphatic heterocycles. The molecule has 0 N–H and O–H groups in total. The summed E-state index contributed by atoms with van der Waals surface area (Å²) in [4.78, 5) is 25.6. The first-order chi connectivity index (χ1) is 14.8. The largest absolute Gasteiger partial charge is 0.377 e. The first-order valence-electron chi connectivity index (χ1n) is 10.1. The van der Waals surface area contributed by atoms with Gasteiger partial charge in [0.25, 0.3) is 11.8 Å². The molecule has 2 amide bonds. The van der Waals surface area contributed by atoms with Crippen molar-refractivity contribution < 1.29 is 28.5 Å². The highest BCUT2D eigenvalue weighted by Crippen LogP contribution is 2.21. The summed E-state index contributed by atoms with van der Waals surface area (Å²) in [6.45, 7) is 3.94. The molecule has 2 aromatic carbocycles. The van der Waals surface area contributed by atoms with Crippen molar-refractivity contribution in [2.75, 3.05) is 52.8 Å². The molecule has 0 bridgehead atoms. The highest BCUT2D eigenvalue weighted by Gasteiger charge is 2.34. The zero-order chi connectivity index (χ0) is 21.0. The van der Waals surface area contributed by atoms with E-state index in [0.717, 1.165) is 5.56 Å². The number of carbonyl (C=O) groups is 2. The summed E-state index contributed by atoms with van der Waals surface area (Å²) in [6.07, 6.45) is 0. The van der Waals surface area contributed by atoms with Crippen molar-refractivity contribution in [2.45, 2.75) is 6.61 Å². The predicted octanol–water partition coefficient (Wildman–Crippen LogP) is 2.55. The number of hydrogen-bond donors (Lipinski definition) is 0. The van der Waals surface area contributed by atoms with Crippen LogP contribution in [0.4, 0.5) is 0 Å². The molecule has 160 valence electrons. The maximum absolute atomic E-state index is 12.2. The van der Waals surface area contributed by atoms with E-state index in [-0.39, 0.29) is 25.0 Å². The van der Waals surface area contributed by atoms with Crippen LogP contribution in [0.15, 0.2) is 54.6 Å². The summed E-state index contributed by atoms with van der Waals surface area (Å²) in [7, 11) is 0. The molecule has 0 atom stereocenters. The normalized spacial score (nSPS) is 13.1. The summed E-state index contributed by atoms with van der Waals surface area (Å²) < 4.78 is 21.9. The van der Waals surface area contributed by atoms with Gasteiger partial charge in [0.2, 0.25) is 0 Å². The maximum atomic E-state index is 12.2. The van der Waals surface area contributed by atoms with Gasteiger partial charge >= 0.3 is 0 Å². The molecule has 0 saturated heterocycles. The van der Waals surface area contributed by atoms with Crippen molar-refractivity contribution in [3.8, 4) is 0 Å². The van der Waals surface area contributed by atoms with E-state index < -0.39 is 0 Å². The van der Waals surface area contributed by atoms with Crippen molar-refractivity contribution in [1.82, 2.24) is 4.90 Å². The van der Waals surface area contributed by atoms with Crippen molar-refractivity contribution in [1.29, 1.82) is 0 Å². The lowest BCUT2D eigenvalue weighted by Crippen LogP contribution is -2.33. The van der Waals surface area contributed by atoms with Crippen LogP contribution in [0.1, 0.15) is 26.3 Å². The topological polar surface area (TPSA) is 74.3 Å². The minimum absolute atomic E-state index is 0.235. The van der Waals surface area contributed by atoms with Gasteiger partial charge in [-0.05, 0) is 17.7 Å². The lowest BCUT2D eigenvalue weighted by molar-refractivity contribution is -0.00534. The molecule has 7 nitrogen and oxygen atoms in total. The average Bonchev–Trinajstić information content (AvgIpc) is 3.02. The van der Waals surface area contributed by atoms with Crippen LogP contribution in [0.2, 0.25) is 0 Å². The molecule has 0 fully saturated rings. The zero-order valence-electron chi connectivity index (χ0n) is 17.0. The second-order valence-electron chi connectivity index (χ2n) is 6.68.